The molecule has 1 fully saturated rings. The molecule has 1 aliphatic carbocycles. The Bertz CT molecular complexity index is 478. The molecular weight excluding hydrogens is 238 g/mol. The summed E-state index contributed by atoms with van der Waals surface area (Å²) in [5, 5.41) is 6.03. The molecule has 1 amide bonds. The lowest BCUT2D eigenvalue weighted by atomic mass is 9.92. The first-order valence-corrected chi connectivity index (χ1v) is 6.84. The maximum Gasteiger partial charge on any atom is 0.251 e. The zero-order chi connectivity index (χ0) is 14.0. The van der Waals surface area contributed by atoms with Crippen LogP contribution < -0.4 is 16.4 Å². The summed E-state index contributed by atoms with van der Waals surface area (Å²) in [5.74, 6) is 0.580. The number of nitrogen functional groups attached to an aromatic ring is 1. The fourth-order valence-corrected chi connectivity index (χ4v) is 2.39. The van der Waals surface area contributed by atoms with Gasteiger partial charge in [0, 0.05) is 19.2 Å². The molecule has 0 aromatic heterocycles. The van der Waals surface area contributed by atoms with E-state index in [9.17, 15) is 4.79 Å². The van der Waals surface area contributed by atoms with Gasteiger partial charge in [0.1, 0.15) is 0 Å². The molecule has 19 heavy (non-hydrogen) atoms. The van der Waals surface area contributed by atoms with Gasteiger partial charge in [-0.25, -0.2) is 0 Å². The van der Waals surface area contributed by atoms with Gasteiger partial charge in [-0.05, 0) is 42.4 Å². The molecule has 1 aliphatic rings. The van der Waals surface area contributed by atoms with Crippen molar-refractivity contribution in [3.05, 3.63) is 23.8 Å². The number of hydrogen-bond acceptors (Lipinski definition) is 3. The number of rotatable bonds is 5. The molecule has 0 unspecified atom stereocenters. The monoisotopic (exact) mass is 261 g/mol. The van der Waals surface area contributed by atoms with Crippen molar-refractivity contribution >= 4 is 17.3 Å². The lowest BCUT2D eigenvalue weighted by molar-refractivity contribution is 0.0963. The molecule has 0 bridgehead atoms. The van der Waals surface area contributed by atoms with Crippen LogP contribution in [0.5, 0.6) is 0 Å². The molecule has 1 aromatic carbocycles. The van der Waals surface area contributed by atoms with Crippen LogP contribution in [0.1, 0.15) is 37.0 Å². The molecule has 4 nitrogen and oxygen atoms in total. The summed E-state index contributed by atoms with van der Waals surface area (Å²) < 4.78 is 0. The Morgan fingerprint density at radius 1 is 1.42 bits per heavy atom. The Kier molecular flexibility index (Phi) is 3.69. The van der Waals surface area contributed by atoms with Crippen LogP contribution in [-0.2, 0) is 0 Å². The molecular formula is C15H23N3O. The smallest absolute Gasteiger partial charge is 0.251 e. The summed E-state index contributed by atoms with van der Waals surface area (Å²) in [7, 11) is 1.63. The fourth-order valence-electron chi connectivity index (χ4n) is 2.39. The van der Waals surface area contributed by atoms with Gasteiger partial charge < -0.3 is 16.4 Å². The molecule has 1 saturated carbocycles. The van der Waals surface area contributed by atoms with Crippen molar-refractivity contribution in [1.82, 2.24) is 5.32 Å². The number of anilines is 2. The quantitative estimate of drug-likeness (QED) is 0.713. The predicted octanol–water partition coefficient (Wildman–Crippen LogP) is 2.48. The van der Waals surface area contributed by atoms with Crippen molar-refractivity contribution in [3.8, 4) is 0 Å². The number of amides is 1. The number of benzene rings is 1. The van der Waals surface area contributed by atoms with Crippen molar-refractivity contribution in [2.75, 3.05) is 24.6 Å². The molecule has 2 rings (SSSR count). The molecule has 0 spiro atoms. The van der Waals surface area contributed by atoms with E-state index in [0.717, 1.165) is 12.2 Å². The zero-order valence-electron chi connectivity index (χ0n) is 11.9. The Morgan fingerprint density at radius 3 is 2.63 bits per heavy atom. The molecule has 0 heterocycles. The lowest BCUT2D eigenvalue weighted by Gasteiger charge is -2.21. The maximum absolute atomic E-state index is 11.6. The second-order valence-corrected chi connectivity index (χ2v) is 5.75. The minimum absolute atomic E-state index is 0.0898. The van der Waals surface area contributed by atoms with Crippen molar-refractivity contribution in [3.63, 3.8) is 0 Å². The van der Waals surface area contributed by atoms with Crippen LogP contribution >= 0.6 is 0 Å². The van der Waals surface area contributed by atoms with Gasteiger partial charge in [-0.3, -0.25) is 4.79 Å². The number of nitrogens with one attached hydrogen (secondary N) is 2. The summed E-state index contributed by atoms with van der Waals surface area (Å²) in [6.07, 6.45) is 2.54. The van der Waals surface area contributed by atoms with E-state index >= 15 is 0 Å². The second-order valence-electron chi connectivity index (χ2n) is 5.75. The summed E-state index contributed by atoms with van der Waals surface area (Å²) in [4.78, 5) is 11.6. The predicted molar refractivity (Wildman–Crippen MR) is 79.2 cm³/mol. The highest BCUT2D eigenvalue weighted by molar-refractivity contribution is 5.96. The van der Waals surface area contributed by atoms with Gasteiger partial charge in [0.2, 0.25) is 0 Å². The molecule has 4 N–H and O–H groups in total. The first kappa shape index (κ1) is 13.7. The topological polar surface area (TPSA) is 67.2 Å². The van der Waals surface area contributed by atoms with Crippen LogP contribution in [0.15, 0.2) is 18.2 Å². The molecule has 4 heteroatoms. The first-order chi connectivity index (χ1) is 8.98. The summed E-state index contributed by atoms with van der Waals surface area (Å²) >= 11 is 0. The third-order valence-corrected chi connectivity index (χ3v) is 4.29. The van der Waals surface area contributed by atoms with Gasteiger partial charge >= 0.3 is 0 Å². The summed E-state index contributed by atoms with van der Waals surface area (Å²) in [6.45, 7) is 5.45. The normalized spacial score (nSPS) is 16.2. The zero-order valence-corrected chi connectivity index (χ0v) is 11.9. The molecule has 0 saturated heterocycles. The minimum Gasteiger partial charge on any atom is -0.397 e. The van der Waals surface area contributed by atoms with Gasteiger partial charge in [-0.1, -0.05) is 13.8 Å². The maximum atomic E-state index is 11.6. The minimum atomic E-state index is -0.0898. The third-order valence-electron chi connectivity index (χ3n) is 4.29. The number of carbonyl (C=O) groups is 1. The van der Waals surface area contributed by atoms with Crippen LogP contribution in [0.2, 0.25) is 0 Å². The van der Waals surface area contributed by atoms with E-state index in [2.05, 4.69) is 24.5 Å². The molecule has 1 aromatic rings. The van der Waals surface area contributed by atoms with Crippen LogP contribution in [0.4, 0.5) is 11.4 Å². The van der Waals surface area contributed by atoms with Gasteiger partial charge in [0.05, 0.1) is 11.4 Å². The van der Waals surface area contributed by atoms with E-state index in [1.165, 1.54) is 12.8 Å². The Hall–Kier alpha value is -1.71. The highest BCUT2D eigenvalue weighted by Crippen LogP contribution is 2.51. The van der Waals surface area contributed by atoms with E-state index < -0.39 is 0 Å². The fraction of sp³-hybridized carbons (Fsp3) is 0.533. The lowest BCUT2D eigenvalue weighted by Crippen LogP contribution is -2.22. The standard InChI is InChI=1S/C15H23N3O/c1-10(2)15(6-7-15)9-18-13-8-11(14(19)17-3)4-5-12(13)16/h4-5,8,10,18H,6-7,9,16H2,1-3H3,(H,17,19). The first-order valence-electron chi connectivity index (χ1n) is 6.84. The van der Waals surface area contributed by atoms with E-state index in [0.29, 0.717) is 22.6 Å². The van der Waals surface area contributed by atoms with Crippen LogP contribution in [-0.4, -0.2) is 19.5 Å². The van der Waals surface area contributed by atoms with E-state index in [1.807, 2.05) is 6.07 Å². The third kappa shape index (κ3) is 2.83. The largest absolute Gasteiger partial charge is 0.397 e. The van der Waals surface area contributed by atoms with Crippen LogP contribution in [0, 0.1) is 11.3 Å². The van der Waals surface area contributed by atoms with E-state index in [-0.39, 0.29) is 5.91 Å². The highest BCUT2D eigenvalue weighted by atomic mass is 16.1. The Morgan fingerprint density at radius 2 is 2.11 bits per heavy atom. The van der Waals surface area contributed by atoms with Crippen molar-refractivity contribution < 1.29 is 4.79 Å². The second kappa shape index (κ2) is 5.11. The molecule has 0 radical (unpaired) electrons. The van der Waals surface area contributed by atoms with Gasteiger partial charge in [-0.2, -0.15) is 0 Å². The Balaban J connectivity index is 2.09. The van der Waals surface area contributed by atoms with Crippen molar-refractivity contribution in [2.45, 2.75) is 26.7 Å². The average Bonchev–Trinajstić information content (AvgIpc) is 3.18. The average molecular weight is 261 g/mol. The molecule has 0 atom stereocenters. The van der Waals surface area contributed by atoms with Crippen molar-refractivity contribution in [2.24, 2.45) is 11.3 Å². The van der Waals surface area contributed by atoms with Crippen LogP contribution in [0.25, 0.3) is 0 Å². The number of nitrogens with two attached hydrogens (primary N) is 1. The van der Waals surface area contributed by atoms with E-state index in [1.54, 1.807) is 19.2 Å². The Labute approximate surface area is 114 Å². The molecule has 104 valence electrons. The van der Waals surface area contributed by atoms with Gasteiger partial charge in [-0.15, -0.1) is 0 Å². The summed E-state index contributed by atoms with van der Waals surface area (Å²) in [6, 6.07) is 5.35. The SMILES string of the molecule is CNC(=O)c1ccc(N)c(NCC2(C(C)C)CC2)c1. The molecule has 0 aliphatic heterocycles. The van der Waals surface area contributed by atoms with Gasteiger partial charge in [0.25, 0.3) is 5.91 Å². The summed E-state index contributed by atoms with van der Waals surface area (Å²) in [5.41, 5.74) is 8.55. The number of carbonyl (C=O) groups excluding carboxylic acids is 1. The van der Waals surface area contributed by atoms with Crippen molar-refractivity contribution in [1.29, 1.82) is 0 Å². The highest BCUT2D eigenvalue weighted by Gasteiger charge is 2.44. The van der Waals surface area contributed by atoms with Crippen LogP contribution in [0.3, 0.4) is 0 Å². The van der Waals surface area contributed by atoms with Gasteiger partial charge in [0.15, 0.2) is 0 Å². The number of hydrogen-bond donors (Lipinski definition) is 3. The van der Waals surface area contributed by atoms with E-state index in [4.69, 9.17) is 5.73 Å².